The molecule has 2 N–H and O–H groups in total. The van der Waals surface area contributed by atoms with Crippen LogP contribution in [-0.2, 0) is 9.47 Å². The van der Waals surface area contributed by atoms with E-state index in [1.807, 2.05) is 0 Å². The first-order chi connectivity index (χ1) is 4.93. The lowest BCUT2D eigenvalue weighted by molar-refractivity contribution is -0.181. The van der Waals surface area contributed by atoms with Gasteiger partial charge < -0.3 is 15.2 Å². The monoisotopic (exact) mass is 145 g/mol. The predicted octanol–water partition coefficient (Wildman–Crippen LogP) is 0.488. The number of hydrogen-bond acceptors (Lipinski definition) is 3. The standard InChI is InChI=1S/C7H15NO2/c8-4-1-3-7-9-5-2-6-10-7/h7H,1-6,8H2. The minimum Gasteiger partial charge on any atom is -0.353 e. The second-order valence-electron chi connectivity index (χ2n) is 2.46. The Kier molecular flexibility index (Phi) is 3.72. The van der Waals surface area contributed by atoms with Gasteiger partial charge in [-0.1, -0.05) is 0 Å². The van der Waals surface area contributed by atoms with E-state index in [-0.39, 0.29) is 6.29 Å². The van der Waals surface area contributed by atoms with E-state index >= 15 is 0 Å². The Labute approximate surface area is 61.5 Å². The van der Waals surface area contributed by atoms with Crippen LogP contribution in [0.1, 0.15) is 19.3 Å². The van der Waals surface area contributed by atoms with Gasteiger partial charge in [0.15, 0.2) is 6.29 Å². The molecule has 10 heavy (non-hydrogen) atoms. The van der Waals surface area contributed by atoms with Crippen LogP contribution in [0.5, 0.6) is 0 Å². The second kappa shape index (κ2) is 4.66. The van der Waals surface area contributed by atoms with E-state index in [1.54, 1.807) is 0 Å². The first kappa shape index (κ1) is 7.98. The van der Waals surface area contributed by atoms with E-state index in [1.165, 1.54) is 0 Å². The molecule has 0 aromatic rings. The van der Waals surface area contributed by atoms with Gasteiger partial charge in [0.05, 0.1) is 13.2 Å². The molecule has 0 spiro atoms. The second-order valence-corrected chi connectivity index (χ2v) is 2.46. The third-order valence-corrected chi connectivity index (χ3v) is 1.54. The summed E-state index contributed by atoms with van der Waals surface area (Å²) in [6.07, 6.45) is 2.98. The molecule has 1 aliphatic heterocycles. The predicted molar refractivity (Wildman–Crippen MR) is 38.6 cm³/mol. The Morgan fingerprint density at radius 3 is 2.60 bits per heavy atom. The molecule has 0 radical (unpaired) electrons. The van der Waals surface area contributed by atoms with Gasteiger partial charge in [0.1, 0.15) is 0 Å². The molecular formula is C7H15NO2. The summed E-state index contributed by atoms with van der Waals surface area (Å²) in [5.74, 6) is 0. The Morgan fingerprint density at radius 2 is 2.00 bits per heavy atom. The van der Waals surface area contributed by atoms with Gasteiger partial charge in [0.25, 0.3) is 0 Å². The summed E-state index contributed by atoms with van der Waals surface area (Å²) in [6.45, 7) is 2.41. The zero-order valence-corrected chi connectivity index (χ0v) is 6.21. The average Bonchev–Trinajstić information content (AvgIpc) is 2.03. The fourth-order valence-electron chi connectivity index (χ4n) is 0.988. The summed E-state index contributed by atoms with van der Waals surface area (Å²) < 4.78 is 10.6. The summed E-state index contributed by atoms with van der Waals surface area (Å²) in [4.78, 5) is 0. The summed E-state index contributed by atoms with van der Waals surface area (Å²) in [7, 11) is 0. The first-order valence-corrected chi connectivity index (χ1v) is 3.87. The van der Waals surface area contributed by atoms with Crippen molar-refractivity contribution in [2.24, 2.45) is 5.73 Å². The number of nitrogens with two attached hydrogens (primary N) is 1. The van der Waals surface area contributed by atoms with Crippen LogP contribution < -0.4 is 5.73 Å². The van der Waals surface area contributed by atoms with Gasteiger partial charge in [0, 0.05) is 0 Å². The third kappa shape index (κ3) is 2.64. The van der Waals surface area contributed by atoms with E-state index < -0.39 is 0 Å². The molecule has 1 fully saturated rings. The van der Waals surface area contributed by atoms with Crippen molar-refractivity contribution < 1.29 is 9.47 Å². The molecular weight excluding hydrogens is 130 g/mol. The van der Waals surface area contributed by atoms with Crippen molar-refractivity contribution in [1.82, 2.24) is 0 Å². The lowest BCUT2D eigenvalue weighted by atomic mass is 10.3. The quantitative estimate of drug-likeness (QED) is 0.628. The lowest BCUT2D eigenvalue weighted by Crippen LogP contribution is -2.25. The van der Waals surface area contributed by atoms with Crippen LogP contribution in [0.2, 0.25) is 0 Å². The van der Waals surface area contributed by atoms with Gasteiger partial charge in [-0.3, -0.25) is 0 Å². The SMILES string of the molecule is NCCCC1OCCCO1. The maximum atomic E-state index is 5.33. The molecule has 1 saturated heterocycles. The molecule has 0 aromatic carbocycles. The van der Waals surface area contributed by atoms with Gasteiger partial charge in [-0.15, -0.1) is 0 Å². The summed E-state index contributed by atoms with van der Waals surface area (Å²) in [5, 5.41) is 0. The number of rotatable bonds is 3. The summed E-state index contributed by atoms with van der Waals surface area (Å²) in [5.41, 5.74) is 5.33. The molecule has 3 nitrogen and oxygen atoms in total. The van der Waals surface area contributed by atoms with Crippen LogP contribution in [0.3, 0.4) is 0 Å². The molecule has 3 heteroatoms. The van der Waals surface area contributed by atoms with Gasteiger partial charge >= 0.3 is 0 Å². The van der Waals surface area contributed by atoms with Crippen molar-refractivity contribution in [3.63, 3.8) is 0 Å². The molecule has 60 valence electrons. The molecule has 1 aliphatic rings. The highest BCUT2D eigenvalue weighted by Gasteiger charge is 2.12. The summed E-state index contributed by atoms with van der Waals surface area (Å²) in [6, 6.07) is 0. The van der Waals surface area contributed by atoms with E-state index in [0.29, 0.717) is 0 Å². The van der Waals surface area contributed by atoms with E-state index in [9.17, 15) is 0 Å². The van der Waals surface area contributed by atoms with E-state index in [0.717, 1.165) is 39.0 Å². The normalized spacial score (nSPS) is 21.3. The minimum absolute atomic E-state index is 0.0253. The Morgan fingerprint density at radius 1 is 1.30 bits per heavy atom. The average molecular weight is 145 g/mol. The maximum Gasteiger partial charge on any atom is 0.157 e. The van der Waals surface area contributed by atoms with Crippen LogP contribution in [0.25, 0.3) is 0 Å². The molecule has 0 amide bonds. The number of hydrogen-bond donors (Lipinski definition) is 1. The van der Waals surface area contributed by atoms with Gasteiger partial charge in [-0.25, -0.2) is 0 Å². The molecule has 1 rings (SSSR count). The van der Waals surface area contributed by atoms with E-state index in [4.69, 9.17) is 15.2 Å². The Bertz CT molecular complexity index is 81.7. The van der Waals surface area contributed by atoms with Gasteiger partial charge in [-0.05, 0) is 25.8 Å². The first-order valence-electron chi connectivity index (χ1n) is 3.87. The Hall–Kier alpha value is -0.120. The molecule has 0 bridgehead atoms. The molecule has 0 atom stereocenters. The Balaban J connectivity index is 2.02. The smallest absolute Gasteiger partial charge is 0.157 e. The van der Waals surface area contributed by atoms with Crippen LogP contribution in [0, 0.1) is 0 Å². The molecule has 0 unspecified atom stereocenters. The van der Waals surface area contributed by atoms with Gasteiger partial charge in [0.2, 0.25) is 0 Å². The van der Waals surface area contributed by atoms with Gasteiger partial charge in [-0.2, -0.15) is 0 Å². The minimum atomic E-state index is 0.0253. The van der Waals surface area contributed by atoms with Crippen molar-refractivity contribution >= 4 is 0 Å². The molecule has 0 saturated carbocycles. The van der Waals surface area contributed by atoms with E-state index in [2.05, 4.69) is 0 Å². The highest BCUT2D eigenvalue weighted by atomic mass is 16.7. The summed E-state index contributed by atoms with van der Waals surface area (Å²) >= 11 is 0. The highest BCUT2D eigenvalue weighted by Crippen LogP contribution is 2.09. The molecule has 0 aromatic heterocycles. The number of ether oxygens (including phenoxy) is 2. The lowest BCUT2D eigenvalue weighted by Gasteiger charge is -2.22. The zero-order chi connectivity index (χ0) is 7.23. The fourth-order valence-corrected chi connectivity index (χ4v) is 0.988. The topological polar surface area (TPSA) is 44.5 Å². The van der Waals surface area contributed by atoms with Crippen LogP contribution in [-0.4, -0.2) is 26.0 Å². The van der Waals surface area contributed by atoms with Crippen LogP contribution in [0.4, 0.5) is 0 Å². The van der Waals surface area contributed by atoms with Crippen molar-refractivity contribution in [2.75, 3.05) is 19.8 Å². The van der Waals surface area contributed by atoms with Crippen molar-refractivity contribution in [3.05, 3.63) is 0 Å². The molecule has 0 aliphatic carbocycles. The maximum absolute atomic E-state index is 5.33. The zero-order valence-electron chi connectivity index (χ0n) is 6.21. The van der Waals surface area contributed by atoms with Crippen molar-refractivity contribution in [1.29, 1.82) is 0 Å². The fraction of sp³-hybridized carbons (Fsp3) is 1.00. The third-order valence-electron chi connectivity index (χ3n) is 1.54. The molecule has 1 heterocycles. The van der Waals surface area contributed by atoms with Crippen LogP contribution in [0.15, 0.2) is 0 Å². The largest absolute Gasteiger partial charge is 0.353 e. The highest BCUT2D eigenvalue weighted by molar-refractivity contribution is 4.52. The van der Waals surface area contributed by atoms with Crippen molar-refractivity contribution in [2.45, 2.75) is 25.6 Å². The van der Waals surface area contributed by atoms with Crippen LogP contribution >= 0.6 is 0 Å². The van der Waals surface area contributed by atoms with Crippen molar-refractivity contribution in [3.8, 4) is 0 Å².